The molecular formula is C13H16N4. The Hall–Kier alpha value is -1.94. The van der Waals surface area contributed by atoms with E-state index < -0.39 is 0 Å². The lowest BCUT2D eigenvalue weighted by atomic mass is 9.96. The third kappa shape index (κ3) is 2.79. The Balaban J connectivity index is 2.16. The molecule has 4 nitrogen and oxygen atoms in total. The summed E-state index contributed by atoms with van der Waals surface area (Å²) in [6, 6.07) is 10.4. The van der Waals surface area contributed by atoms with Gasteiger partial charge in [0.15, 0.2) is 5.82 Å². The van der Waals surface area contributed by atoms with Crippen molar-refractivity contribution in [2.75, 3.05) is 5.43 Å². The zero-order chi connectivity index (χ0) is 12.1. The van der Waals surface area contributed by atoms with Gasteiger partial charge >= 0.3 is 0 Å². The van der Waals surface area contributed by atoms with Crippen molar-refractivity contribution in [3.8, 4) is 0 Å². The highest BCUT2D eigenvalue weighted by molar-refractivity contribution is 5.39. The molecule has 3 N–H and O–H groups in total. The van der Waals surface area contributed by atoms with Gasteiger partial charge in [-0.3, -0.25) is 4.98 Å². The molecule has 0 amide bonds. The van der Waals surface area contributed by atoms with Gasteiger partial charge in [-0.2, -0.15) is 0 Å². The van der Waals surface area contributed by atoms with Crippen molar-refractivity contribution in [1.82, 2.24) is 9.97 Å². The molecule has 1 unspecified atom stereocenters. The molecule has 1 heterocycles. The Morgan fingerprint density at radius 1 is 1.18 bits per heavy atom. The number of nitrogens with zero attached hydrogens (tertiary/aromatic N) is 2. The molecule has 17 heavy (non-hydrogen) atoms. The van der Waals surface area contributed by atoms with E-state index in [9.17, 15) is 0 Å². The van der Waals surface area contributed by atoms with Gasteiger partial charge in [-0.15, -0.1) is 0 Å². The Labute approximate surface area is 101 Å². The lowest BCUT2D eigenvalue weighted by Gasteiger charge is -2.13. The third-order valence-corrected chi connectivity index (χ3v) is 2.78. The summed E-state index contributed by atoms with van der Waals surface area (Å²) in [5, 5.41) is 0. The molecule has 0 aliphatic heterocycles. The van der Waals surface area contributed by atoms with Crippen LogP contribution in [0.2, 0.25) is 0 Å². The number of benzene rings is 1. The molecule has 0 radical (unpaired) electrons. The first-order valence-corrected chi connectivity index (χ1v) is 5.62. The van der Waals surface area contributed by atoms with Crippen molar-refractivity contribution in [2.24, 2.45) is 5.84 Å². The van der Waals surface area contributed by atoms with Gasteiger partial charge in [0.05, 0.1) is 5.69 Å². The van der Waals surface area contributed by atoms with Crippen LogP contribution in [0, 0.1) is 0 Å². The van der Waals surface area contributed by atoms with E-state index in [-0.39, 0.29) is 0 Å². The van der Waals surface area contributed by atoms with Gasteiger partial charge in [0.2, 0.25) is 0 Å². The average Bonchev–Trinajstić information content (AvgIpc) is 2.40. The van der Waals surface area contributed by atoms with Crippen molar-refractivity contribution < 1.29 is 0 Å². The van der Waals surface area contributed by atoms with E-state index in [1.165, 1.54) is 5.56 Å². The second kappa shape index (κ2) is 5.41. The quantitative estimate of drug-likeness (QED) is 0.621. The lowest BCUT2D eigenvalue weighted by molar-refractivity contribution is 0.737. The topological polar surface area (TPSA) is 63.8 Å². The number of nitrogen functional groups attached to an aromatic ring is 1. The standard InChI is InChI=1S/C13H16N4/c1-10(11-5-3-2-4-6-11)9-12-13(17-14)16-8-7-15-12/h2-8,10H,9,14H2,1H3,(H,16,17). The van der Waals surface area contributed by atoms with Crippen LogP contribution in [-0.4, -0.2) is 9.97 Å². The molecule has 2 aromatic rings. The van der Waals surface area contributed by atoms with Crippen LogP contribution in [0.4, 0.5) is 5.82 Å². The van der Waals surface area contributed by atoms with E-state index in [1.54, 1.807) is 12.4 Å². The van der Waals surface area contributed by atoms with Crippen LogP contribution in [0.25, 0.3) is 0 Å². The fourth-order valence-electron chi connectivity index (χ4n) is 1.83. The molecule has 0 spiro atoms. The molecule has 4 heteroatoms. The summed E-state index contributed by atoms with van der Waals surface area (Å²) in [4.78, 5) is 8.46. The zero-order valence-electron chi connectivity index (χ0n) is 9.80. The fourth-order valence-corrected chi connectivity index (χ4v) is 1.83. The van der Waals surface area contributed by atoms with Crippen LogP contribution in [-0.2, 0) is 6.42 Å². The molecule has 0 saturated heterocycles. The summed E-state index contributed by atoms with van der Waals surface area (Å²) in [5.41, 5.74) is 4.77. The second-order valence-electron chi connectivity index (χ2n) is 4.01. The summed E-state index contributed by atoms with van der Waals surface area (Å²) in [6.07, 6.45) is 4.14. The molecule has 0 bridgehead atoms. The molecular weight excluding hydrogens is 212 g/mol. The van der Waals surface area contributed by atoms with E-state index in [0.717, 1.165) is 12.1 Å². The Kier molecular flexibility index (Phi) is 3.67. The van der Waals surface area contributed by atoms with Gasteiger partial charge in [0, 0.05) is 18.8 Å². The molecule has 0 aliphatic rings. The minimum atomic E-state index is 0.389. The van der Waals surface area contributed by atoms with Gasteiger partial charge in [0.25, 0.3) is 0 Å². The summed E-state index contributed by atoms with van der Waals surface area (Å²) in [5.74, 6) is 6.45. The van der Waals surface area contributed by atoms with Crippen molar-refractivity contribution in [3.63, 3.8) is 0 Å². The molecule has 2 rings (SSSR count). The summed E-state index contributed by atoms with van der Waals surface area (Å²) < 4.78 is 0. The summed E-state index contributed by atoms with van der Waals surface area (Å²) in [7, 11) is 0. The highest BCUT2D eigenvalue weighted by Gasteiger charge is 2.10. The van der Waals surface area contributed by atoms with Crippen molar-refractivity contribution in [1.29, 1.82) is 0 Å². The smallest absolute Gasteiger partial charge is 0.161 e. The number of nitrogens with two attached hydrogens (primary N) is 1. The third-order valence-electron chi connectivity index (χ3n) is 2.78. The van der Waals surface area contributed by atoms with Crippen molar-refractivity contribution >= 4 is 5.82 Å². The normalized spacial score (nSPS) is 12.1. The number of aromatic nitrogens is 2. The first-order valence-electron chi connectivity index (χ1n) is 5.62. The van der Waals surface area contributed by atoms with Crippen LogP contribution in [0.5, 0.6) is 0 Å². The average molecular weight is 228 g/mol. The maximum absolute atomic E-state index is 5.41. The predicted molar refractivity (Wildman–Crippen MR) is 68.4 cm³/mol. The number of hydrogen-bond donors (Lipinski definition) is 2. The van der Waals surface area contributed by atoms with E-state index >= 15 is 0 Å². The van der Waals surface area contributed by atoms with Gasteiger partial charge in [0.1, 0.15) is 0 Å². The highest BCUT2D eigenvalue weighted by Crippen LogP contribution is 2.21. The van der Waals surface area contributed by atoms with E-state index in [2.05, 4.69) is 34.5 Å². The van der Waals surface area contributed by atoms with Crippen LogP contribution >= 0.6 is 0 Å². The molecule has 0 fully saturated rings. The lowest BCUT2D eigenvalue weighted by Crippen LogP contribution is -2.13. The Morgan fingerprint density at radius 2 is 1.88 bits per heavy atom. The first-order chi connectivity index (χ1) is 8.31. The van der Waals surface area contributed by atoms with Crippen LogP contribution in [0.15, 0.2) is 42.7 Å². The second-order valence-corrected chi connectivity index (χ2v) is 4.01. The Morgan fingerprint density at radius 3 is 2.59 bits per heavy atom. The molecule has 0 aliphatic carbocycles. The zero-order valence-corrected chi connectivity index (χ0v) is 9.80. The fraction of sp³-hybridized carbons (Fsp3) is 0.231. The summed E-state index contributed by atoms with van der Waals surface area (Å²) >= 11 is 0. The monoisotopic (exact) mass is 228 g/mol. The maximum Gasteiger partial charge on any atom is 0.161 e. The highest BCUT2D eigenvalue weighted by atomic mass is 15.3. The van der Waals surface area contributed by atoms with E-state index in [0.29, 0.717) is 11.7 Å². The maximum atomic E-state index is 5.41. The largest absolute Gasteiger partial charge is 0.307 e. The molecule has 1 aromatic heterocycles. The van der Waals surface area contributed by atoms with Crippen LogP contribution in [0.1, 0.15) is 24.1 Å². The molecule has 88 valence electrons. The molecule has 1 aromatic carbocycles. The van der Waals surface area contributed by atoms with E-state index in [4.69, 9.17) is 5.84 Å². The summed E-state index contributed by atoms with van der Waals surface area (Å²) in [6.45, 7) is 2.17. The van der Waals surface area contributed by atoms with Gasteiger partial charge < -0.3 is 5.43 Å². The predicted octanol–water partition coefficient (Wildman–Crippen LogP) is 2.11. The molecule has 1 atom stereocenters. The minimum Gasteiger partial charge on any atom is -0.307 e. The number of rotatable bonds is 4. The SMILES string of the molecule is CC(Cc1nccnc1NN)c1ccccc1. The number of nitrogens with one attached hydrogen (secondary N) is 1. The number of hydrazine groups is 1. The minimum absolute atomic E-state index is 0.389. The van der Waals surface area contributed by atoms with Crippen LogP contribution < -0.4 is 11.3 Å². The number of anilines is 1. The van der Waals surface area contributed by atoms with E-state index in [1.807, 2.05) is 18.2 Å². The van der Waals surface area contributed by atoms with Gasteiger partial charge in [-0.05, 0) is 11.5 Å². The first kappa shape index (κ1) is 11.5. The number of hydrogen-bond acceptors (Lipinski definition) is 4. The van der Waals surface area contributed by atoms with Gasteiger partial charge in [-0.25, -0.2) is 10.8 Å². The van der Waals surface area contributed by atoms with Crippen molar-refractivity contribution in [3.05, 3.63) is 54.0 Å². The van der Waals surface area contributed by atoms with Crippen molar-refractivity contribution in [2.45, 2.75) is 19.3 Å². The Bertz CT molecular complexity index is 470. The van der Waals surface area contributed by atoms with Gasteiger partial charge in [-0.1, -0.05) is 37.3 Å². The van der Waals surface area contributed by atoms with Crippen LogP contribution in [0.3, 0.4) is 0 Å². The molecule has 0 saturated carbocycles.